The zero-order valence-corrected chi connectivity index (χ0v) is 16.0. The predicted molar refractivity (Wildman–Crippen MR) is 81.1 cm³/mol. The Morgan fingerprint density at radius 2 is 2.12 bits per heavy atom. The van der Waals surface area contributed by atoms with Crippen LogP contribution in [-0.2, 0) is 16.5 Å². The molecule has 0 N–H and O–H groups in total. The molecule has 2 aliphatic heterocycles. The molecule has 2 rings (SSSR count). The Bertz CT molecular complexity index is 234. The first-order chi connectivity index (χ1) is 8.20. The van der Waals surface area contributed by atoms with Crippen molar-refractivity contribution in [3.05, 3.63) is 33.5 Å². The van der Waals surface area contributed by atoms with Crippen LogP contribution in [-0.4, -0.2) is 24.5 Å². The third-order valence-electron chi connectivity index (χ3n) is 1.86. The first kappa shape index (κ1) is 18.5. The second kappa shape index (κ2) is 13.9. The SMILES string of the molecule is BrC1=C[N-]CC=C1.BrC1CCC[N-]C1.[Cl][Pt+2][Cl]. The summed E-state index contributed by atoms with van der Waals surface area (Å²) < 4.78 is 1.05. The van der Waals surface area contributed by atoms with Gasteiger partial charge in [-0.3, -0.25) is 0 Å². The van der Waals surface area contributed by atoms with E-state index in [2.05, 4.69) is 42.5 Å². The second-order valence-electron chi connectivity index (χ2n) is 3.20. The van der Waals surface area contributed by atoms with Gasteiger partial charge in [-0.1, -0.05) is 44.4 Å². The van der Waals surface area contributed by atoms with Crippen LogP contribution in [0, 0.1) is 0 Å². The van der Waals surface area contributed by atoms with Gasteiger partial charge in [0.15, 0.2) is 0 Å². The molecule has 17 heavy (non-hydrogen) atoms. The fraction of sp³-hybridized carbons (Fsp3) is 0.600. The number of nitrogens with zero attached hydrogens (tertiary/aromatic N) is 2. The Hall–Kier alpha value is 1.47. The van der Waals surface area contributed by atoms with Crippen LogP contribution >= 0.6 is 50.7 Å². The molecular weight excluding hydrogens is 574 g/mol. The van der Waals surface area contributed by atoms with Crippen LogP contribution in [0.3, 0.4) is 0 Å². The molecule has 102 valence electrons. The molecule has 0 spiro atoms. The number of alkyl halides is 1. The summed E-state index contributed by atoms with van der Waals surface area (Å²) in [6, 6.07) is 0. The summed E-state index contributed by atoms with van der Waals surface area (Å²) in [4.78, 5) is 0.682. The van der Waals surface area contributed by atoms with E-state index in [1.54, 1.807) is 6.20 Å². The summed E-state index contributed by atoms with van der Waals surface area (Å²) in [6.07, 6.45) is 8.39. The fourth-order valence-corrected chi connectivity index (χ4v) is 2.02. The summed E-state index contributed by atoms with van der Waals surface area (Å²) in [5.74, 6) is 0. The molecule has 2 nitrogen and oxygen atoms in total. The van der Waals surface area contributed by atoms with Gasteiger partial charge in [0.25, 0.3) is 0 Å². The first-order valence-corrected chi connectivity index (χ1v) is 12.3. The Morgan fingerprint density at radius 3 is 2.35 bits per heavy atom. The van der Waals surface area contributed by atoms with E-state index in [4.69, 9.17) is 18.8 Å². The molecule has 1 saturated heterocycles. The van der Waals surface area contributed by atoms with E-state index in [0.717, 1.165) is 24.1 Å². The summed E-state index contributed by atoms with van der Waals surface area (Å²) in [5, 5.41) is 8.17. The van der Waals surface area contributed by atoms with Gasteiger partial charge in [-0.2, -0.15) is 6.20 Å². The van der Waals surface area contributed by atoms with Crippen molar-refractivity contribution in [1.29, 1.82) is 0 Å². The normalized spacial score (nSPS) is 22.4. The van der Waals surface area contributed by atoms with Crippen molar-refractivity contribution in [2.24, 2.45) is 0 Å². The molecule has 2 aliphatic rings. The molecule has 0 radical (unpaired) electrons. The van der Waals surface area contributed by atoms with Gasteiger partial charge >= 0.3 is 35.3 Å². The molecule has 0 saturated carbocycles. The molecule has 1 unspecified atom stereocenters. The Morgan fingerprint density at radius 1 is 1.41 bits per heavy atom. The zero-order chi connectivity index (χ0) is 12.9. The molecule has 7 heteroatoms. The van der Waals surface area contributed by atoms with Crippen molar-refractivity contribution in [2.45, 2.75) is 17.7 Å². The Labute approximate surface area is 137 Å². The van der Waals surface area contributed by atoms with Crippen LogP contribution in [0.1, 0.15) is 12.8 Å². The van der Waals surface area contributed by atoms with Gasteiger partial charge < -0.3 is 10.6 Å². The quantitative estimate of drug-likeness (QED) is 0.337. The number of allylic oxidation sites excluding steroid dienone is 2. The molecular formula is C10H14Br2Cl2N2Pt. The Kier molecular flexibility index (Phi) is 15.1. The number of hydrogen-bond donors (Lipinski definition) is 0. The van der Waals surface area contributed by atoms with Crippen LogP contribution in [0.15, 0.2) is 22.8 Å². The summed E-state index contributed by atoms with van der Waals surface area (Å²) in [6.45, 7) is 2.94. The topological polar surface area (TPSA) is 28.2 Å². The van der Waals surface area contributed by atoms with Crippen LogP contribution < -0.4 is 0 Å². The van der Waals surface area contributed by atoms with E-state index in [9.17, 15) is 0 Å². The average Bonchev–Trinajstić information content (AvgIpc) is 2.33. The molecule has 0 aromatic rings. The predicted octanol–water partition coefficient (Wildman–Crippen LogP) is 5.46. The molecule has 1 fully saturated rings. The van der Waals surface area contributed by atoms with E-state index in [1.165, 1.54) is 12.8 Å². The standard InChI is InChI=1S/C5H9BrN.C5H5BrN.2ClH.Pt/c2*6-5-2-1-3-7-4-5;;;/h5H,1-4H2;1-2,4H,3H2;2*1H;/q2*-1;;;+4/p-2. The third kappa shape index (κ3) is 13.7. The van der Waals surface area contributed by atoms with Crippen molar-refractivity contribution in [1.82, 2.24) is 0 Å². The van der Waals surface area contributed by atoms with Crippen LogP contribution in [0.5, 0.6) is 0 Å². The Balaban J connectivity index is 0.000000247. The number of halogens is 4. The monoisotopic (exact) mass is 585 g/mol. The van der Waals surface area contributed by atoms with E-state index < -0.39 is 16.5 Å². The molecule has 1 atom stereocenters. The van der Waals surface area contributed by atoms with Gasteiger partial charge in [0.2, 0.25) is 0 Å². The minimum atomic E-state index is -0.472. The zero-order valence-electron chi connectivity index (χ0n) is 9.07. The van der Waals surface area contributed by atoms with Gasteiger partial charge in [-0.15, -0.1) is 25.7 Å². The molecule has 0 bridgehead atoms. The third-order valence-corrected chi connectivity index (χ3v) is 3.08. The van der Waals surface area contributed by atoms with Crippen molar-refractivity contribution < 1.29 is 16.5 Å². The van der Waals surface area contributed by atoms with Gasteiger partial charge in [-0.25, -0.2) is 0 Å². The van der Waals surface area contributed by atoms with Crippen molar-refractivity contribution in [3.63, 3.8) is 0 Å². The number of rotatable bonds is 0. The maximum absolute atomic E-state index is 4.88. The average molecular weight is 588 g/mol. The van der Waals surface area contributed by atoms with Crippen molar-refractivity contribution in [2.75, 3.05) is 19.6 Å². The van der Waals surface area contributed by atoms with Crippen LogP contribution in [0.25, 0.3) is 10.6 Å². The molecule has 0 amide bonds. The van der Waals surface area contributed by atoms with Gasteiger partial charge in [0, 0.05) is 0 Å². The molecule has 2 heterocycles. The number of hydrogen-bond acceptors (Lipinski definition) is 0. The molecule has 0 aromatic carbocycles. The van der Waals surface area contributed by atoms with E-state index >= 15 is 0 Å². The van der Waals surface area contributed by atoms with Crippen LogP contribution in [0.4, 0.5) is 0 Å². The van der Waals surface area contributed by atoms with Crippen molar-refractivity contribution in [3.8, 4) is 0 Å². The summed E-state index contributed by atoms with van der Waals surface area (Å²) >= 11 is 6.29. The summed E-state index contributed by atoms with van der Waals surface area (Å²) in [5.41, 5.74) is 0. The van der Waals surface area contributed by atoms with E-state index in [-0.39, 0.29) is 0 Å². The summed E-state index contributed by atoms with van der Waals surface area (Å²) in [7, 11) is 9.75. The van der Waals surface area contributed by atoms with E-state index in [1.807, 2.05) is 12.2 Å². The fourth-order valence-electron chi connectivity index (χ4n) is 1.16. The first-order valence-electron chi connectivity index (χ1n) is 4.99. The number of piperidine rings is 1. The van der Waals surface area contributed by atoms with Gasteiger partial charge in [0.1, 0.15) is 0 Å². The van der Waals surface area contributed by atoms with Crippen LogP contribution in [0.2, 0.25) is 0 Å². The van der Waals surface area contributed by atoms with Gasteiger partial charge in [0.05, 0.1) is 0 Å². The maximum atomic E-state index is 4.88. The minimum absolute atomic E-state index is 0.472. The molecule has 0 aromatic heterocycles. The second-order valence-corrected chi connectivity index (χ2v) is 8.69. The molecule has 0 aliphatic carbocycles. The van der Waals surface area contributed by atoms with Gasteiger partial charge in [-0.05, 0) is 15.7 Å². The van der Waals surface area contributed by atoms with Crippen molar-refractivity contribution >= 4 is 50.7 Å². The van der Waals surface area contributed by atoms with E-state index in [0.29, 0.717) is 4.83 Å².